The van der Waals surface area contributed by atoms with E-state index in [9.17, 15) is 8.42 Å². The lowest BCUT2D eigenvalue weighted by Gasteiger charge is -2.33. The Labute approximate surface area is 73.7 Å². The number of hydrogen-bond acceptors (Lipinski definition) is 2. The van der Waals surface area contributed by atoms with E-state index in [-0.39, 0.29) is 5.54 Å². The van der Waals surface area contributed by atoms with Crippen molar-refractivity contribution < 1.29 is 8.42 Å². The van der Waals surface area contributed by atoms with Crippen LogP contribution in [0, 0.1) is 0 Å². The maximum absolute atomic E-state index is 10.8. The minimum absolute atomic E-state index is 0.300. The van der Waals surface area contributed by atoms with E-state index in [2.05, 4.69) is 4.72 Å². The zero-order valence-electron chi connectivity index (χ0n) is 7.34. The van der Waals surface area contributed by atoms with Gasteiger partial charge in [0.05, 0.1) is 0 Å². The van der Waals surface area contributed by atoms with Gasteiger partial charge in [-0.15, -0.1) is 0 Å². The highest BCUT2D eigenvalue weighted by Crippen LogP contribution is 2.27. The minimum Gasteiger partial charge on any atom is -0.216 e. The second kappa shape index (κ2) is 3.32. The fourth-order valence-electron chi connectivity index (χ4n) is 1.78. The number of nitrogens with one attached hydrogen (secondary N) is 1. The van der Waals surface area contributed by atoms with Crippen LogP contribution < -0.4 is 9.86 Å². The van der Waals surface area contributed by atoms with E-state index < -0.39 is 10.2 Å². The first-order valence-corrected chi connectivity index (χ1v) is 5.78. The molecule has 0 aromatic carbocycles. The first kappa shape index (κ1) is 9.95. The van der Waals surface area contributed by atoms with Gasteiger partial charge in [0.1, 0.15) is 0 Å². The Morgan fingerprint density at radius 2 is 1.75 bits per heavy atom. The summed E-state index contributed by atoms with van der Waals surface area (Å²) in [6, 6.07) is 0. The van der Waals surface area contributed by atoms with E-state index >= 15 is 0 Å². The van der Waals surface area contributed by atoms with E-state index in [0.717, 1.165) is 25.7 Å². The molecule has 0 amide bonds. The van der Waals surface area contributed by atoms with Crippen LogP contribution in [0.5, 0.6) is 0 Å². The molecule has 0 bridgehead atoms. The van der Waals surface area contributed by atoms with E-state index in [0.29, 0.717) is 0 Å². The number of hydrogen-bond donors (Lipinski definition) is 2. The lowest BCUT2D eigenvalue weighted by Crippen LogP contribution is -2.49. The van der Waals surface area contributed by atoms with Crippen molar-refractivity contribution in [1.29, 1.82) is 0 Å². The van der Waals surface area contributed by atoms with E-state index in [4.69, 9.17) is 5.14 Å². The standard InChI is InChI=1S/C7H16N2O2S/c1-7(9-12(8,10)11)5-3-2-4-6-7/h9H,2-6H2,1H3,(H2,8,10,11). The smallest absolute Gasteiger partial charge is 0.216 e. The molecule has 5 heteroatoms. The van der Waals surface area contributed by atoms with Crippen molar-refractivity contribution in [3.8, 4) is 0 Å². The van der Waals surface area contributed by atoms with Crippen molar-refractivity contribution in [1.82, 2.24) is 4.72 Å². The Balaban J connectivity index is 2.59. The maximum atomic E-state index is 10.8. The van der Waals surface area contributed by atoms with Crippen molar-refractivity contribution in [2.75, 3.05) is 0 Å². The molecule has 12 heavy (non-hydrogen) atoms. The van der Waals surface area contributed by atoms with Crippen molar-refractivity contribution in [2.45, 2.75) is 44.6 Å². The zero-order valence-corrected chi connectivity index (χ0v) is 8.15. The third-order valence-electron chi connectivity index (χ3n) is 2.35. The van der Waals surface area contributed by atoms with Crippen LogP contribution in [0.15, 0.2) is 0 Å². The minimum atomic E-state index is -3.53. The monoisotopic (exact) mass is 192 g/mol. The summed E-state index contributed by atoms with van der Waals surface area (Å²) in [5.74, 6) is 0. The summed E-state index contributed by atoms with van der Waals surface area (Å²) in [6.45, 7) is 1.91. The summed E-state index contributed by atoms with van der Waals surface area (Å²) in [6.07, 6.45) is 5.15. The van der Waals surface area contributed by atoms with Gasteiger partial charge in [-0.3, -0.25) is 0 Å². The van der Waals surface area contributed by atoms with Gasteiger partial charge in [0.25, 0.3) is 10.2 Å². The summed E-state index contributed by atoms with van der Waals surface area (Å²) < 4.78 is 24.0. The number of rotatable bonds is 2. The second-order valence-electron chi connectivity index (χ2n) is 3.77. The largest absolute Gasteiger partial charge is 0.274 e. The molecule has 0 radical (unpaired) electrons. The van der Waals surface area contributed by atoms with Crippen molar-refractivity contribution >= 4 is 10.2 Å². The molecule has 0 saturated heterocycles. The fourth-order valence-corrected chi connectivity index (χ4v) is 2.67. The number of nitrogens with two attached hydrogens (primary N) is 1. The lowest BCUT2D eigenvalue weighted by molar-refractivity contribution is 0.294. The summed E-state index contributed by atoms with van der Waals surface area (Å²) in [5.41, 5.74) is -0.300. The van der Waals surface area contributed by atoms with E-state index in [1.165, 1.54) is 6.42 Å². The SMILES string of the molecule is CC1(NS(N)(=O)=O)CCCCC1. The molecule has 1 saturated carbocycles. The van der Waals surface area contributed by atoms with Gasteiger partial charge in [-0.05, 0) is 19.8 Å². The van der Waals surface area contributed by atoms with Crippen LogP contribution in [-0.2, 0) is 10.2 Å². The third kappa shape index (κ3) is 3.08. The topological polar surface area (TPSA) is 72.2 Å². The Morgan fingerprint density at radius 3 is 2.17 bits per heavy atom. The fraction of sp³-hybridized carbons (Fsp3) is 1.00. The van der Waals surface area contributed by atoms with Gasteiger partial charge in [0, 0.05) is 5.54 Å². The quantitative estimate of drug-likeness (QED) is 0.668. The predicted molar refractivity (Wildman–Crippen MR) is 47.7 cm³/mol. The molecule has 4 nitrogen and oxygen atoms in total. The molecule has 1 fully saturated rings. The molecular formula is C7H16N2O2S. The summed E-state index contributed by atoms with van der Waals surface area (Å²) in [5, 5.41) is 4.91. The normalized spacial score (nSPS) is 23.8. The van der Waals surface area contributed by atoms with E-state index in [1.54, 1.807) is 0 Å². The van der Waals surface area contributed by atoms with Crippen molar-refractivity contribution in [3.63, 3.8) is 0 Å². The molecule has 0 aromatic rings. The van der Waals surface area contributed by atoms with Crippen molar-refractivity contribution in [2.24, 2.45) is 5.14 Å². The molecule has 1 aliphatic rings. The van der Waals surface area contributed by atoms with Gasteiger partial charge >= 0.3 is 0 Å². The van der Waals surface area contributed by atoms with Crippen LogP contribution in [0.1, 0.15) is 39.0 Å². The molecule has 0 unspecified atom stereocenters. The second-order valence-corrected chi connectivity index (χ2v) is 5.06. The summed E-state index contributed by atoms with van der Waals surface area (Å²) in [4.78, 5) is 0. The van der Waals surface area contributed by atoms with Crippen molar-refractivity contribution in [3.05, 3.63) is 0 Å². The van der Waals surface area contributed by atoms with Crippen LogP contribution in [0.4, 0.5) is 0 Å². The van der Waals surface area contributed by atoms with E-state index in [1.807, 2.05) is 6.92 Å². The molecule has 1 aliphatic carbocycles. The van der Waals surface area contributed by atoms with Gasteiger partial charge in [-0.2, -0.15) is 13.1 Å². The predicted octanol–water partition coefficient (Wildman–Crippen LogP) is 0.502. The maximum Gasteiger partial charge on any atom is 0.274 e. The lowest BCUT2D eigenvalue weighted by atomic mass is 9.84. The highest BCUT2D eigenvalue weighted by atomic mass is 32.2. The molecule has 1 rings (SSSR count). The van der Waals surface area contributed by atoms with Crippen LogP contribution in [0.2, 0.25) is 0 Å². The average Bonchev–Trinajstić information content (AvgIpc) is 1.83. The Morgan fingerprint density at radius 1 is 1.25 bits per heavy atom. The zero-order chi connectivity index (χ0) is 9.24. The van der Waals surface area contributed by atoms with Crippen LogP contribution >= 0.6 is 0 Å². The Bertz CT molecular complexity index is 242. The molecule has 3 N–H and O–H groups in total. The molecule has 0 aliphatic heterocycles. The van der Waals surface area contributed by atoms with Gasteiger partial charge in [0.2, 0.25) is 0 Å². The van der Waals surface area contributed by atoms with Crippen LogP contribution in [0.3, 0.4) is 0 Å². The highest BCUT2D eigenvalue weighted by Gasteiger charge is 2.29. The summed E-state index contributed by atoms with van der Waals surface area (Å²) >= 11 is 0. The third-order valence-corrected chi connectivity index (χ3v) is 3.12. The highest BCUT2D eigenvalue weighted by molar-refractivity contribution is 7.87. The molecule has 72 valence electrons. The molecule has 0 spiro atoms. The molecular weight excluding hydrogens is 176 g/mol. The summed E-state index contributed by atoms with van der Waals surface area (Å²) in [7, 11) is -3.53. The average molecular weight is 192 g/mol. The van der Waals surface area contributed by atoms with Gasteiger partial charge in [0.15, 0.2) is 0 Å². The van der Waals surface area contributed by atoms with Crippen LogP contribution in [0.25, 0.3) is 0 Å². The molecule has 0 aromatic heterocycles. The van der Waals surface area contributed by atoms with Crippen LogP contribution in [-0.4, -0.2) is 14.0 Å². The first-order chi connectivity index (χ1) is 5.41. The first-order valence-electron chi connectivity index (χ1n) is 4.23. The Hall–Kier alpha value is -0.130. The van der Waals surface area contributed by atoms with Gasteiger partial charge < -0.3 is 0 Å². The Kier molecular flexibility index (Phi) is 2.75. The molecule has 0 atom stereocenters. The van der Waals surface area contributed by atoms with Gasteiger partial charge in [-0.25, -0.2) is 5.14 Å². The van der Waals surface area contributed by atoms with Gasteiger partial charge in [-0.1, -0.05) is 19.3 Å². The molecule has 0 heterocycles.